The molecule has 0 amide bonds. The SMILES string of the molecule is Cc1ccc(NC(N)=NCC2CCN(S(C)(=O)=O)CC2)cc1C. The third-order valence-electron chi connectivity index (χ3n) is 4.34. The highest BCUT2D eigenvalue weighted by Crippen LogP contribution is 2.19. The van der Waals surface area contributed by atoms with Crippen LogP contribution in [0.5, 0.6) is 0 Å². The third-order valence-corrected chi connectivity index (χ3v) is 5.64. The van der Waals surface area contributed by atoms with E-state index in [0.717, 1.165) is 18.5 Å². The van der Waals surface area contributed by atoms with E-state index in [1.807, 2.05) is 18.2 Å². The first kappa shape index (κ1) is 17.7. The van der Waals surface area contributed by atoms with Crippen molar-refractivity contribution < 1.29 is 8.42 Å². The minimum absolute atomic E-state index is 0.383. The smallest absolute Gasteiger partial charge is 0.211 e. The van der Waals surface area contributed by atoms with Gasteiger partial charge in [0.05, 0.1) is 6.26 Å². The lowest BCUT2D eigenvalue weighted by Gasteiger charge is -2.29. The summed E-state index contributed by atoms with van der Waals surface area (Å²) in [6.45, 7) is 5.90. The van der Waals surface area contributed by atoms with Crippen LogP contribution < -0.4 is 11.1 Å². The van der Waals surface area contributed by atoms with Gasteiger partial charge in [-0.05, 0) is 55.9 Å². The molecule has 1 aromatic rings. The molecule has 0 saturated carbocycles. The largest absolute Gasteiger partial charge is 0.370 e. The van der Waals surface area contributed by atoms with Crippen LogP contribution in [0.2, 0.25) is 0 Å². The quantitative estimate of drug-likeness (QED) is 0.646. The number of nitrogens with two attached hydrogens (primary N) is 1. The zero-order valence-corrected chi connectivity index (χ0v) is 14.9. The second-order valence-corrected chi connectivity index (χ2v) is 8.24. The maximum atomic E-state index is 11.5. The fourth-order valence-corrected chi connectivity index (χ4v) is 3.53. The van der Waals surface area contributed by atoms with E-state index < -0.39 is 10.0 Å². The summed E-state index contributed by atoms with van der Waals surface area (Å²) in [5.74, 6) is 0.784. The molecule has 0 atom stereocenters. The Morgan fingerprint density at radius 3 is 2.52 bits per heavy atom. The second kappa shape index (κ2) is 7.31. The van der Waals surface area contributed by atoms with Crippen molar-refractivity contribution in [1.82, 2.24) is 4.31 Å². The van der Waals surface area contributed by atoms with E-state index in [1.54, 1.807) is 0 Å². The van der Waals surface area contributed by atoms with Crippen LogP contribution in [0.3, 0.4) is 0 Å². The van der Waals surface area contributed by atoms with Crippen molar-refractivity contribution in [3.8, 4) is 0 Å². The number of sulfonamides is 1. The minimum atomic E-state index is -3.07. The van der Waals surface area contributed by atoms with Crippen molar-refractivity contribution >= 4 is 21.7 Å². The zero-order chi connectivity index (χ0) is 17.0. The van der Waals surface area contributed by atoms with Gasteiger partial charge in [0.2, 0.25) is 10.0 Å². The molecule has 23 heavy (non-hydrogen) atoms. The number of aliphatic imine (C=N–C) groups is 1. The lowest BCUT2D eigenvalue weighted by atomic mass is 9.98. The molecule has 1 saturated heterocycles. The molecule has 1 heterocycles. The second-order valence-electron chi connectivity index (χ2n) is 6.26. The average Bonchev–Trinajstić information content (AvgIpc) is 2.48. The summed E-state index contributed by atoms with van der Waals surface area (Å²) in [6.07, 6.45) is 2.91. The number of piperidine rings is 1. The molecule has 128 valence electrons. The van der Waals surface area contributed by atoms with Crippen LogP contribution in [0, 0.1) is 19.8 Å². The maximum absolute atomic E-state index is 11.5. The lowest BCUT2D eigenvalue weighted by molar-refractivity contribution is 0.280. The van der Waals surface area contributed by atoms with E-state index >= 15 is 0 Å². The van der Waals surface area contributed by atoms with Gasteiger partial charge in [-0.25, -0.2) is 12.7 Å². The summed E-state index contributed by atoms with van der Waals surface area (Å²) < 4.78 is 24.5. The standard InChI is InChI=1S/C16H26N4O2S/c1-12-4-5-15(10-13(12)2)19-16(17)18-11-14-6-8-20(9-7-14)23(3,21)22/h4-5,10,14H,6-9,11H2,1-3H3,(H3,17,18,19). The molecule has 1 aliphatic heterocycles. The Bertz CT molecular complexity index is 677. The molecule has 0 spiro atoms. The van der Waals surface area contributed by atoms with Crippen LogP contribution in [0.4, 0.5) is 5.69 Å². The van der Waals surface area contributed by atoms with E-state index in [0.29, 0.717) is 31.5 Å². The molecule has 1 fully saturated rings. The molecule has 0 bridgehead atoms. The summed E-state index contributed by atoms with van der Waals surface area (Å²) in [4.78, 5) is 4.40. The van der Waals surface area contributed by atoms with Gasteiger partial charge in [-0.15, -0.1) is 0 Å². The number of hydrogen-bond acceptors (Lipinski definition) is 3. The highest BCUT2D eigenvalue weighted by molar-refractivity contribution is 7.88. The van der Waals surface area contributed by atoms with Crippen molar-refractivity contribution in [1.29, 1.82) is 0 Å². The van der Waals surface area contributed by atoms with E-state index in [4.69, 9.17) is 5.73 Å². The summed E-state index contributed by atoms with van der Waals surface area (Å²) in [7, 11) is -3.07. The monoisotopic (exact) mass is 338 g/mol. The van der Waals surface area contributed by atoms with E-state index in [2.05, 4.69) is 24.2 Å². The van der Waals surface area contributed by atoms with E-state index in [9.17, 15) is 8.42 Å². The molecular weight excluding hydrogens is 312 g/mol. The fraction of sp³-hybridized carbons (Fsp3) is 0.562. The lowest BCUT2D eigenvalue weighted by Crippen LogP contribution is -2.38. The first-order chi connectivity index (χ1) is 10.8. The number of benzene rings is 1. The molecule has 0 unspecified atom stereocenters. The van der Waals surface area contributed by atoms with Gasteiger partial charge >= 0.3 is 0 Å². The van der Waals surface area contributed by atoms with Crippen molar-refractivity contribution in [2.75, 3.05) is 31.2 Å². The Kier molecular flexibility index (Phi) is 5.64. The molecule has 3 N–H and O–H groups in total. The van der Waals surface area contributed by atoms with Crippen molar-refractivity contribution in [3.05, 3.63) is 29.3 Å². The Balaban J connectivity index is 1.85. The van der Waals surface area contributed by atoms with Gasteiger partial charge in [0.1, 0.15) is 0 Å². The highest BCUT2D eigenvalue weighted by atomic mass is 32.2. The van der Waals surface area contributed by atoms with Gasteiger partial charge in [0.25, 0.3) is 0 Å². The van der Waals surface area contributed by atoms with Gasteiger partial charge < -0.3 is 11.1 Å². The molecule has 0 radical (unpaired) electrons. The number of hydrogen-bond donors (Lipinski definition) is 2. The molecule has 2 rings (SSSR count). The third kappa shape index (κ3) is 5.21. The van der Waals surface area contributed by atoms with Crippen molar-refractivity contribution in [2.24, 2.45) is 16.6 Å². The summed E-state index contributed by atoms with van der Waals surface area (Å²) in [6, 6.07) is 6.07. The van der Waals surface area contributed by atoms with Gasteiger partial charge in [-0.1, -0.05) is 6.07 Å². The number of aryl methyl sites for hydroxylation is 2. The first-order valence-electron chi connectivity index (χ1n) is 7.85. The molecular formula is C16H26N4O2S. The normalized spacial score (nSPS) is 18.1. The average molecular weight is 338 g/mol. The van der Waals surface area contributed by atoms with Gasteiger partial charge in [-0.2, -0.15) is 0 Å². The number of anilines is 1. The molecule has 0 aromatic heterocycles. The van der Waals surface area contributed by atoms with E-state index in [1.165, 1.54) is 21.7 Å². The predicted molar refractivity (Wildman–Crippen MR) is 95.2 cm³/mol. The number of guanidine groups is 1. The topological polar surface area (TPSA) is 87.8 Å². The van der Waals surface area contributed by atoms with Gasteiger partial charge in [-0.3, -0.25) is 4.99 Å². The number of nitrogens with one attached hydrogen (secondary N) is 1. The van der Waals surface area contributed by atoms with Crippen LogP contribution >= 0.6 is 0 Å². The fourth-order valence-electron chi connectivity index (χ4n) is 2.66. The van der Waals surface area contributed by atoms with Gasteiger partial charge in [0.15, 0.2) is 5.96 Å². The van der Waals surface area contributed by atoms with Crippen molar-refractivity contribution in [2.45, 2.75) is 26.7 Å². The van der Waals surface area contributed by atoms with Crippen LogP contribution in [0.1, 0.15) is 24.0 Å². The minimum Gasteiger partial charge on any atom is -0.370 e. The molecule has 1 aliphatic rings. The van der Waals surface area contributed by atoms with Crippen molar-refractivity contribution in [3.63, 3.8) is 0 Å². The Labute approximate surface area is 138 Å². The Morgan fingerprint density at radius 1 is 1.30 bits per heavy atom. The van der Waals surface area contributed by atoms with Crippen LogP contribution in [-0.4, -0.2) is 44.6 Å². The molecule has 6 nitrogen and oxygen atoms in total. The molecule has 1 aromatic carbocycles. The summed E-state index contributed by atoms with van der Waals surface area (Å²) in [5, 5.41) is 3.10. The number of rotatable bonds is 4. The van der Waals surface area contributed by atoms with Crippen LogP contribution in [0.25, 0.3) is 0 Å². The van der Waals surface area contributed by atoms with Gasteiger partial charge in [0, 0.05) is 25.3 Å². The highest BCUT2D eigenvalue weighted by Gasteiger charge is 2.24. The first-order valence-corrected chi connectivity index (χ1v) is 9.70. The summed E-state index contributed by atoms with van der Waals surface area (Å²) >= 11 is 0. The Hall–Kier alpha value is -1.60. The van der Waals surface area contributed by atoms with E-state index in [-0.39, 0.29) is 0 Å². The zero-order valence-electron chi connectivity index (χ0n) is 14.0. The van der Waals surface area contributed by atoms with Crippen LogP contribution in [0.15, 0.2) is 23.2 Å². The maximum Gasteiger partial charge on any atom is 0.211 e. The molecule has 7 heteroatoms. The Morgan fingerprint density at radius 2 is 1.96 bits per heavy atom. The predicted octanol–water partition coefficient (Wildman–Crippen LogP) is 1.70. The van der Waals surface area contributed by atoms with Crippen LogP contribution in [-0.2, 0) is 10.0 Å². The molecule has 0 aliphatic carbocycles. The summed E-state index contributed by atoms with van der Waals surface area (Å²) in [5.41, 5.74) is 9.32. The number of nitrogens with zero attached hydrogens (tertiary/aromatic N) is 2.